The molecule has 0 saturated heterocycles. The van der Waals surface area contributed by atoms with Gasteiger partial charge in [0.15, 0.2) is 25.5 Å². The first-order valence-corrected chi connectivity index (χ1v) is 18.5. The third-order valence-electron chi connectivity index (χ3n) is 10.4. The number of nitrogens with zero attached hydrogens (tertiary/aromatic N) is 2. The summed E-state index contributed by atoms with van der Waals surface area (Å²) in [4.78, 5) is 0. The second kappa shape index (κ2) is 14.6. The lowest BCUT2D eigenvalue weighted by Gasteiger charge is -2.11. The minimum atomic E-state index is 0.770. The van der Waals surface area contributed by atoms with Gasteiger partial charge < -0.3 is 10.6 Å². The van der Waals surface area contributed by atoms with Crippen LogP contribution in [0.2, 0.25) is 0 Å². The van der Waals surface area contributed by atoms with E-state index < -0.39 is 0 Å². The molecule has 0 spiro atoms. The number of anilines is 2. The standard InChI is InChI=1S/C49H40N4/c1-3-7-48-44(5-1)46-27-29-52(48)34-42-23-11-36(12-24-42)9-10-37-13-25-43(26-14-37)35-53-30-28-47(45-6-2-4-8-49(45)53)51-33-41-21-17-39(18-22-41)31-38-15-19-40(20-16-38)32-50-46/h1-30H,31-35H2/p+2/b10-9+,50-46?,51-47?. The van der Waals surface area contributed by atoms with Gasteiger partial charge in [-0.3, -0.25) is 0 Å². The molecule has 0 aliphatic carbocycles. The van der Waals surface area contributed by atoms with Crippen LogP contribution in [0.4, 0.5) is 11.4 Å². The van der Waals surface area contributed by atoms with Crippen LogP contribution in [0.25, 0.3) is 34.0 Å². The summed E-state index contributed by atoms with van der Waals surface area (Å²) in [5.41, 5.74) is 14.8. The molecule has 7 aliphatic rings. The van der Waals surface area contributed by atoms with Gasteiger partial charge in [-0.1, -0.05) is 133 Å². The molecule has 0 saturated carbocycles. The van der Waals surface area contributed by atoms with Crippen molar-refractivity contribution in [1.82, 2.24) is 0 Å². The minimum absolute atomic E-state index is 0.770. The van der Waals surface area contributed by atoms with Crippen molar-refractivity contribution in [2.45, 2.75) is 32.6 Å². The van der Waals surface area contributed by atoms with Crippen LogP contribution in [0.5, 0.6) is 0 Å². The molecule has 0 amide bonds. The van der Waals surface area contributed by atoms with Gasteiger partial charge >= 0.3 is 0 Å². The van der Waals surface area contributed by atoms with Gasteiger partial charge in [-0.05, 0) is 51.9 Å². The third kappa shape index (κ3) is 7.31. The van der Waals surface area contributed by atoms with Crippen LogP contribution in [-0.2, 0) is 32.6 Å². The molecule has 0 fully saturated rings. The smallest absolute Gasteiger partial charge is 0.214 e. The molecule has 8 aromatic rings. The van der Waals surface area contributed by atoms with Crippen molar-refractivity contribution in [2.75, 3.05) is 10.6 Å². The number of rotatable bonds is 0. The molecule has 7 aliphatic heterocycles. The molecule has 0 atom stereocenters. The summed E-state index contributed by atoms with van der Waals surface area (Å²) in [6.07, 6.45) is 9.71. The predicted octanol–water partition coefficient (Wildman–Crippen LogP) is 9.96. The van der Waals surface area contributed by atoms with Crippen LogP contribution >= 0.6 is 0 Å². The first-order chi connectivity index (χ1) is 26.2. The van der Waals surface area contributed by atoms with Crippen molar-refractivity contribution in [3.63, 3.8) is 0 Å². The van der Waals surface area contributed by atoms with Crippen molar-refractivity contribution < 1.29 is 9.13 Å². The molecule has 0 radical (unpaired) electrons. The lowest BCUT2D eigenvalue weighted by molar-refractivity contribution is -0.662. The largest absolute Gasteiger partial charge is 0.380 e. The van der Waals surface area contributed by atoms with Crippen LogP contribution in [0, 0.1) is 0 Å². The third-order valence-corrected chi connectivity index (χ3v) is 10.4. The van der Waals surface area contributed by atoms with Crippen molar-refractivity contribution in [3.05, 3.63) is 215 Å². The summed E-state index contributed by atoms with van der Waals surface area (Å²) in [5.74, 6) is 0. The Morgan fingerprint density at radius 1 is 0.358 bits per heavy atom. The van der Waals surface area contributed by atoms with Crippen molar-refractivity contribution >= 4 is 45.3 Å². The average molecular weight is 687 g/mol. The van der Waals surface area contributed by atoms with Crippen LogP contribution < -0.4 is 19.8 Å². The zero-order valence-corrected chi connectivity index (χ0v) is 29.8. The Balaban J connectivity index is 1.02. The van der Waals surface area contributed by atoms with Gasteiger partial charge in [0.2, 0.25) is 11.0 Å². The summed E-state index contributed by atoms with van der Waals surface area (Å²) in [5, 5.41) is 9.88. The van der Waals surface area contributed by atoms with Gasteiger partial charge in [-0.2, -0.15) is 9.13 Å². The SMILES string of the molecule is C1=C/c2ccc(cc2)C[n+]2ccc(c3ccccc32)NCc2ccc(cc2)Cc2ccc(cc2)CNc2cc[n+](c3ccccc23)Cc2ccc/1cc2. The normalized spacial score (nSPS) is 13.7. The lowest BCUT2D eigenvalue weighted by Crippen LogP contribution is -2.34. The molecule has 6 aromatic carbocycles. The fourth-order valence-electron chi connectivity index (χ4n) is 7.39. The number of para-hydroxylation sites is 2. The van der Waals surface area contributed by atoms with Crippen LogP contribution in [-0.4, -0.2) is 0 Å². The second-order valence-electron chi connectivity index (χ2n) is 14.1. The Morgan fingerprint density at radius 2 is 0.736 bits per heavy atom. The second-order valence-corrected chi connectivity index (χ2v) is 14.1. The van der Waals surface area contributed by atoms with Crippen LogP contribution in [0.15, 0.2) is 170 Å². The average Bonchev–Trinajstić information content (AvgIpc) is 3.21. The summed E-state index contributed by atoms with van der Waals surface area (Å²) in [6, 6.07) is 57.6. The van der Waals surface area contributed by atoms with E-state index in [2.05, 4.69) is 202 Å². The number of benzene rings is 6. The molecule has 2 aromatic heterocycles. The first kappa shape index (κ1) is 32.4. The maximum atomic E-state index is 3.72. The molecule has 12 bridgehead atoms. The number of pyridine rings is 2. The number of nitrogens with one attached hydrogen (secondary N) is 2. The molecule has 9 heterocycles. The molecule has 4 nitrogen and oxygen atoms in total. The summed E-state index contributed by atoms with van der Waals surface area (Å²) in [7, 11) is 0. The lowest BCUT2D eigenvalue weighted by atomic mass is 10.0. The monoisotopic (exact) mass is 686 g/mol. The highest BCUT2D eigenvalue weighted by molar-refractivity contribution is 5.89. The summed E-state index contributed by atoms with van der Waals surface area (Å²) < 4.78 is 4.68. The first-order valence-electron chi connectivity index (χ1n) is 18.5. The van der Waals surface area contributed by atoms with E-state index in [4.69, 9.17) is 0 Å². The minimum Gasteiger partial charge on any atom is -0.380 e. The zero-order chi connectivity index (χ0) is 35.4. The van der Waals surface area contributed by atoms with Gasteiger partial charge in [0.1, 0.15) is 0 Å². The number of hydrogen-bond acceptors (Lipinski definition) is 2. The Hall–Kier alpha value is -6.52. The molecule has 53 heavy (non-hydrogen) atoms. The maximum Gasteiger partial charge on any atom is 0.214 e. The van der Waals surface area contributed by atoms with E-state index in [-0.39, 0.29) is 0 Å². The summed E-state index contributed by atoms with van der Waals surface area (Å²) >= 11 is 0. The van der Waals surface area contributed by atoms with Gasteiger partial charge in [-0.25, -0.2) is 0 Å². The number of aromatic nitrogens is 2. The van der Waals surface area contributed by atoms with Gasteiger partial charge in [0.25, 0.3) is 0 Å². The Labute approximate surface area is 311 Å². The van der Waals surface area contributed by atoms with E-state index in [1.807, 2.05) is 0 Å². The van der Waals surface area contributed by atoms with E-state index in [1.165, 1.54) is 66.3 Å². The Morgan fingerprint density at radius 3 is 1.17 bits per heavy atom. The zero-order valence-electron chi connectivity index (χ0n) is 29.8. The maximum absolute atomic E-state index is 3.72. The molecule has 15 rings (SSSR count). The topological polar surface area (TPSA) is 31.8 Å². The molecular formula is C49H42N4+2. The quantitative estimate of drug-likeness (QED) is 0.156. The van der Waals surface area contributed by atoms with Gasteiger partial charge in [-0.15, -0.1) is 0 Å². The highest BCUT2D eigenvalue weighted by Crippen LogP contribution is 2.24. The van der Waals surface area contributed by atoms with Crippen molar-refractivity contribution in [3.8, 4) is 0 Å². The van der Waals surface area contributed by atoms with Gasteiger partial charge in [0.05, 0.1) is 22.1 Å². The number of fused-ring (bicyclic) bond motifs is 2. The van der Waals surface area contributed by atoms with E-state index >= 15 is 0 Å². The molecule has 256 valence electrons. The summed E-state index contributed by atoms with van der Waals surface area (Å²) in [6.45, 7) is 3.16. The van der Waals surface area contributed by atoms with E-state index in [0.717, 1.165) is 44.0 Å². The molecule has 4 heteroatoms. The van der Waals surface area contributed by atoms with Gasteiger partial charge in [0, 0.05) is 48.5 Å². The predicted molar refractivity (Wildman–Crippen MR) is 219 cm³/mol. The molecule has 2 N–H and O–H groups in total. The van der Waals surface area contributed by atoms with E-state index in [9.17, 15) is 0 Å². The van der Waals surface area contributed by atoms with E-state index in [1.54, 1.807) is 0 Å². The fraction of sp³-hybridized carbons (Fsp3) is 0.102. The molecular weight excluding hydrogens is 645 g/mol. The van der Waals surface area contributed by atoms with Crippen molar-refractivity contribution in [1.29, 1.82) is 0 Å². The molecule has 0 unspecified atom stereocenters. The Kier molecular flexibility index (Phi) is 8.93. The van der Waals surface area contributed by atoms with Crippen LogP contribution in [0.3, 0.4) is 0 Å². The fourth-order valence-corrected chi connectivity index (χ4v) is 7.39. The highest BCUT2D eigenvalue weighted by Gasteiger charge is 2.15. The number of hydrogen-bond donors (Lipinski definition) is 2. The van der Waals surface area contributed by atoms with Crippen molar-refractivity contribution in [2.24, 2.45) is 0 Å². The Bertz CT molecular complexity index is 2370. The van der Waals surface area contributed by atoms with Crippen LogP contribution in [0.1, 0.15) is 44.5 Å². The highest BCUT2D eigenvalue weighted by atomic mass is 15.0. The van der Waals surface area contributed by atoms with E-state index in [0.29, 0.717) is 0 Å².